The van der Waals surface area contributed by atoms with Gasteiger partial charge in [-0.25, -0.2) is 4.39 Å². The molecule has 0 aliphatic heterocycles. The first kappa shape index (κ1) is 12.3. The maximum absolute atomic E-state index is 12.8. The van der Waals surface area contributed by atoms with Crippen LogP contribution in [-0.4, -0.2) is 13.0 Å². The molecule has 2 nitrogen and oxygen atoms in total. The molecule has 1 amide bonds. The molecule has 88 valence electrons. The van der Waals surface area contributed by atoms with Crippen LogP contribution in [0.3, 0.4) is 0 Å². The molecule has 0 aliphatic carbocycles. The molecular weight excluding hydrogens is 305 g/mol. The summed E-state index contributed by atoms with van der Waals surface area (Å²) in [5, 5.41) is 0. The van der Waals surface area contributed by atoms with Crippen LogP contribution < -0.4 is 4.90 Å². The molecule has 0 saturated carbocycles. The summed E-state index contributed by atoms with van der Waals surface area (Å²) in [5.74, 6) is -0.416. The van der Waals surface area contributed by atoms with E-state index in [-0.39, 0.29) is 11.7 Å². The Morgan fingerprint density at radius 3 is 2.41 bits per heavy atom. The van der Waals surface area contributed by atoms with Crippen LogP contribution in [0, 0.1) is 5.82 Å². The van der Waals surface area contributed by atoms with Gasteiger partial charge in [-0.3, -0.25) is 4.79 Å². The maximum Gasteiger partial charge on any atom is 0.268 e. The van der Waals surface area contributed by atoms with Crippen molar-refractivity contribution in [1.82, 2.24) is 0 Å². The lowest BCUT2D eigenvalue weighted by atomic mass is 10.3. The Labute approximate surface area is 111 Å². The molecule has 2 aromatic rings. The molecule has 0 unspecified atom stereocenters. The third-order valence-electron chi connectivity index (χ3n) is 2.30. The summed E-state index contributed by atoms with van der Waals surface area (Å²) in [6, 6.07) is 9.42. The summed E-state index contributed by atoms with van der Waals surface area (Å²) in [6.45, 7) is 0. The largest absolute Gasteiger partial charge is 0.311 e. The Kier molecular flexibility index (Phi) is 3.59. The van der Waals surface area contributed by atoms with Gasteiger partial charge >= 0.3 is 0 Å². The van der Waals surface area contributed by atoms with E-state index in [1.165, 1.54) is 28.4 Å². The third kappa shape index (κ3) is 2.73. The first-order valence-electron chi connectivity index (χ1n) is 4.87. The van der Waals surface area contributed by atoms with Crippen LogP contribution in [0.25, 0.3) is 0 Å². The molecule has 0 saturated heterocycles. The van der Waals surface area contributed by atoms with Crippen LogP contribution in [0.2, 0.25) is 0 Å². The minimum atomic E-state index is -0.312. The SMILES string of the molecule is CN(C(=O)c1ccc(Br)s1)c1ccc(F)cc1. The molecule has 1 heterocycles. The van der Waals surface area contributed by atoms with Gasteiger partial charge < -0.3 is 4.90 Å². The Balaban J connectivity index is 2.23. The fourth-order valence-corrected chi connectivity index (χ4v) is 2.74. The summed E-state index contributed by atoms with van der Waals surface area (Å²) in [4.78, 5) is 14.2. The Morgan fingerprint density at radius 1 is 1.24 bits per heavy atom. The number of benzene rings is 1. The number of rotatable bonds is 2. The smallest absolute Gasteiger partial charge is 0.268 e. The van der Waals surface area contributed by atoms with E-state index in [0.717, 1.165) is 3.79 Å². The van der Waals surface area contributed by atoms with Crippen LogP contribution in [0.15, 0.2) is 40.2 Å². The van der Waals surface area contributed by atoms with Gasteiger partial charge in [0.1, 0.15) is 5.82 Å². The van der Waals surface area contributed by atoms with Gasteiger partial charge in [-0.1, -0.05) is 0 Å². The van der Waals surface area contributed by atoms with Crippen LogP contribution in [0.1, 0.15) is 9.67 Å². The highest BCUT2D eigenvalue weighted by atomic mass is 79.9. The molecule has 1 aromatic heterocycles. The Morgan fingerprint density at radius 2 is 1.88 bits per heavy atom. The van der Waals surface area contributed by atoms with Gasteiger partial charge in [0.05, 0.1) is 8.66 Å². The summed E-state index contributed by atoms with van der Waals surface area (Å²) >= 11 is 4.69. The lowest BCUT2D eigenvalue weighted by molar-refractivity contribution is 0.0997. The standard InChI is InChI=1S/C12H9BrFNOS/c1-15(9-4-2-8(14)3-5-9)12(16)10-6-7-11(13)17-10/h2-7H,1H3. The van der Waals surface area contributed by atoms with Crippen molar-refractivity contribution in [2.45, 2.75) is 0 Å². The zero-order valence-corrected chi connectivity index (χ0v) is 11.4. The van der Waals surface area contributed by atoms with E-state index in [4.69, 9.17) is 0 Å². The number of nitrogens with zero attached hydrogens (tertiary/aromatic N) is 1. The lowest BCUT2D eigenvalue weighted by Crippen LogP contribution is -2.25. The van der Waals surface area contributed by atoms with Gasteiger partial charge in [-0.2, -0.15) is 0 Å². The predicted molar refractivity (Wildman–Crippen MR) is 71.2 cm³/mol. The van der Waals surface area contributed by atoms with Crippen molar-refractivity contribution in [1.29, 1.82) is 0 Å². The van der Waals surface area contributed by atoms with E-state index < -0.39 is 0 Å². The van der Waals surface area contributed by atoms with Crippen molar-refractivity contribution in [2.75, 3.05) is 11.9 Å². The molecule has 0 radical (unpaired) electrons. The summed E-state index contributed by atoms with van der Waals surface area (Å²) in [6.07, 6.45) is 0. The summed E-state index contributed by atoms with van der Waals surface area (Å²) in [7, 11) is 1.67. The predicted octanol–water partition coefficient (Wildman–Crippen LogP) is 3.93. The van der Waals surface area contributed by atoms with E-state index in [2.05, 4.69) is 15.9 Å². The highest BCUT2D eigenvalue weighted by Gasteiger charge is 2.15. The number of halogens is 2. The number of amides is 1. The zero-order valence-electron chi connectivity index (χ0n) is 8.98. The lowest BCUT2D eigenvalue weighted by Gasteiger charge is -2.16. The highest BCUT2D eigenvalue weighted by Crippen LogP contribution is 2.24. The average molecular weight is 314 g/mol. The molecule has 0 bridgehead atoms. The molecule has 0 N–H and O–H groups in total. The first-order chi connectivity index (χ1) is 8.08. The topological polar surface area (TPSA) is 20.3 Å². The van der Waals surface area contributed by atoms with Gasteiger partial charge in [0.15, 0.2) is 0 Å². The van der Waals surface area contributed by atoms with E-state index in [9.17, 15) is 9.18 Å². The van der Waals surface area contributed by atoms with Crippen molar-refractivity contribution >= 4 is 38.9 Å². The maximum atomic E-state index is 12.8. The summed E-state index contributed by atoms with van der Waals surface area (Å²) < 4.78 is 13.7. The fourth-order valence-electron chi connectivity index (χ4n) is 1.38. The second-order valence-electron chi connectivity index (χ2n) is 3.44. The molecule has 0 spiro atoms. The zero-order chi connectivity index (χ0) is 12.4. The van der Waals surface area contributed by atoms with Crippen molar-refractivity contribution in [2.24, 2.45) is 0 Å². The Hall–Kier alpha value is -1.20. The molecule has 2 rings (SSSR count). The minimum Gasteiger partial charge on any atom is -0.311 e. The third-order valence-corrected chi connectivity index (χ3v) is 3.91. The van der Waals surface area contributed by atoms with Crippen LogP contribution >= 0.6 is 27.3 Å². The van der Waals surface area contributed by atoms with Crippen molar-refractivity contribution in [3.63, 3.8) is 0 Å². The molecule has 5 heteroatoms. The average Bonchev–Trinajstić information content (AvgIpc) is 2.75. The second kappa shape index (κ2) is 4.98. The van der Waals surface area contributed by atoms with Gasteiger partial charge in [0, 0.05) is 12.7 Å². The second-order valence-corrected chi connectivity index (χ2v) is 5.91. The van der Waals surface area contributed by atoms with Crippen LogP contribution in [0.4, 0.5) is 10.1 Å². The molecule has 0 fully saturated rings. The molecule has 0 aliphatic rings. The van der Waals surface area contributed by atoms with Gasteiger partial charge in [-0.05, 0) is 52.3 Å². The molecule has 1 aromatic carbocycles. The summed E-state index contributed by atoms with van der Waals surface area (Å²) in [5.41, 5.74) is 0.668. The normalized spacial score (nSPS) is 10.3. The quantitative estimate of drug-likeness (QED) is 0.822. The van der Waals surface area contributed by atoms with E-state index in [1.54, 1.807) is 25.2 Å². The number of hydrogen-bond donors (Lipinski definition) is 0. The number of anilines is 1. The monoisotopic (exact) mass is 313 g/mol. The van der Waals surface area contributed by atoms with Crippen molar-refractivity contribution in [3.05, 3.63) is 50.9 Å². The van der Waals surface area contributed by atoms with Crippen LogP contribution in [-0.2, 0) is 0 Å². The molecular formula is C12H9BrFNOS. The van der Waals surface area contributed by atoms with E-state index >= 15 is 0 Å². The van der Waals surface area contributed by atoms with Gasteiger partial charge in [0.2, 0.25) is 0 Å². The molecule has 0 atom stereocenters. The van der Waals surface area contributed by atoms with Crippen molar-refractivity contribution in [3.8, 4) is 0 Å². The number of carbonyl (C=O) groups is 1. The number of carbonyl (C=O) groups excluding carboxylic acids is 1. The minimum absolute atomic E-state index is 0.104. The Bertz CT molecular complexity index is 538. The van der Waals surface area contributed by atoms with Gasteiger partial charge in [-0.15, -0.1) is 11.3 Å². The first-order valence-corrected chi connectivity index (χ1v) is 6.48. The van der Waals surface area contributed by atoms with Crippen LogP contribution in [0.5, 0.6) is 0 Å². The number of hydrogen-bond acceptors (Lipinski definition) is 2. The van der Waals surface area contributed by atoms with Crippen molar-refractivity contribution < 1.29 is 9.18 Å². The fraction of sp³-hybridized carbons (Fsp3) is 0.0833. The highest BCUT2D eigenvalue weighted by molar-refractivity contribution is 9.11. The van der Waals surface area contributed by atoms with Gasteiger partial charge in [0.25, 0.3) is 5.91 Å². The van der Waals surface area contributed by atoms with E-state index in [1.807, 2.05) is 6.07 Å². The number of thiophene rings is 1. The molecule has 17 heavy (non-hydrogen) atoms. The van der Waals surface area contributed by atoms with E-state index in [0.29, 0.717) is 10.6 Å².